The first kappa shape index (κ1) is 10.4. The molecule has 64 valence electrons. The zero-order valence-corrected chi connectivity index (χ0v) is 7.47. The van der Waals surface area contributed by atoms with Crippen LogP contribution in [0, 0.1) is 11.3 Å². The molecule has 0 rings (SSSR count). The molecule has 0 radical (unpaired) electrons. The normalized spacial score (nSPS) is 12.5. The lowest BCUT2D eigenvalue weighted by Gasteiger charge is -2.03. The summed E-state index contributed by atoms with van der Waals surface area (Å²) < 4.78 is 5.18. The van der Waals surface area contributed by atoms with Gasteiger partial charge < -0.3 is 4.74 Å². The Morgan fingerprint density at radius 3 is 2.64 bits per heavy atom. The molecule has 11 heavy (non-hydrogen) atoms. The second-order valence-electron chi connectivity index (χ2n) is 2.70. The lowest BCUT2D eigenvalue weighted by molar-refractivity contribution is 0.0985. The van der Waals surface area contributed by atoms with Crippen LogP contribution in [0.15, 0.2) is 0 Å². The molecule has 0 amide bonds. The smallest absolute Gasteiger partial charge is 0.141 e. The van der Waals surface area contributed by atoms with Gasteiger partial charge in [-0.15, -0.1) is 0 Å². The summed E-state index contributed by atoms with van der Waals surface area (Å²) in [5.74, 6) is 0. The highest BCUT2D eigenvalue weighted by molar-refractivity contribution is 4.78. The van der Waals surface area contributed by atoms with Gasteiger partial charge in [0, 0.05) is 6.61 Å². The standard InChI is InChI=1S/C9H17NO/c1-3-4-5-6-7-11-9(2)8-10/h9H,3-7H2,1-2H3. The number of nitriles is 1. The predicted octanol–water partition coefficient (Wildman–Crippen LogP) is 2.50. The third kappa shape index (κ3) is 7.35. The fourth-order valence-corrected chi connectivity index (χ4v) is 0.826. The van der Waals surface area contributed by atoms with Gasteiger partial charge >= 0.3 is 0 Å². The Kier molecular flexibility index (Phi) is 7.18. The van der Waals surface area contributed by atoms with Crippen LogP contribution in [0.5, 0.6) is 0 Å². The highest BCUT2D eigenvalue weighted by Gasteiger charge is 1.96. The molecule has 0 N–H and O–H groups in total. The summed E-state index contributed by atoms with van der Waals surface area (Å²) >= 11 is 0. The van der Waals surface area contributed by atoms with Crippen LogP contribution < -0.4 is 0 Å². The Bertz CT molecular complexity index is 117. The molecule has 2 heteroatoms. The number of nitrogens with zero attached hydrogens (tertiary/aromatic N) is 1. The van der Waals surface area contributed by atoms with E-state index in [1.165, 1.54) is 19.3 Å². The largest absolute Gasteiger partial charge is 0.364 e. The molecule has 0 aliphatic rings. The van der Waals surface area contributed by atoms with E-state index in [1.807, 2.05) is 6.07 Å². The van der Waals surface area contributed by atoms with Crippen LogP contribution in [-0.2, 0) is 4.74 Å². The second-order valence-corrected chi connectivity index (χ2v) is 2.70. The number of unbranched alkanes of at least 4 members (excludes halogenated alkanes) is 3. The van der Waals surface area contributed by atoms with Crippen LogP contribution >= 0.6 is 0 Å². The van der Waals surface area contributed by atoms with Gasteiger partial charge in [0.2, 0.25) is 0 Å². The average molecular weight is 155 g/mol. The van der Waals surface area contributed by atoms with Crippen LogP contribution in [0.1, 0.15) is 39.5 Å². The molecule has 0 fully saturated rings. The molecule has 0 aromatic heterocycles. The first-order valence-corrected chi connectivity index (χ1v) is 4.32. The topological polar surface area (TPSA) is 33.0 Å². The molecular formula is C9H17NO. The van der Waals surface area contributed by atoms with Crippen LogP contribution in [0.3, 0.4) is 0 Å². The Balaban J connectivity index is 2.97. The third-order valence-corrected chi connectivity index (χ3v) is 1.55. The van der Waals surface area contributed by atoms with Crippen molar-refractivity contribution in [2.45, 2.75) is 45.6 Å². The van der Waals surface area contributed by atoms with E-state index in [0.717, 1.165) is 13.0 Å². The number of rotatable bonds is 6. The summed E-state index contributed by atoms with van der Waals surface area (Å²) in [5.41, 5.74) is 0. The van der Waals surface area contributed by atoms with Gasteiger partial charge in [-0.05, 0) is 13.3 Å². The number of hydrogen-bond donors (Lipinski definition) is 0. The Morgan fingerprint density at radius 2 is 2.09 bits per heavy atom. The van der Waals surface area contributed by atoms with E-state index in [0.29, 0.717) is 0 Å². The number of ether oxygens (including phenoxy) is 1. The van der Waals surface area contributed by atoms with Crippen molar-refractivity contribution in [1.82, 2.24) is 0 Å². The van der Waals surface area contributed by atoms with Crippen molar-refractivity contribution in [3.05, 3.63) is 0 Å². The van der Waals surface area contributed by atoms with E-state index >= 15 is 0 Å². The van der Waals surface area contributed by atoms with E-state index < -0.39 is 0 Å². The molecule has 1 atom stereocenters. The van der Waals surface area contributed by atoms with Gasteiger partial charge in [0.1, 0.15) is 6.10 Å². The van der Waals surface area contributed by atoms with E-state index in [9.17, 15) is 0 Å². The molecule has 0 bridgehead atoms. The lowest BCUT2D eigenvalue weighted by atomic mass is 10.2. The zero-order valence-electron chi connectivity index (χ0n) is 7.47. The molecule has 0 heterocycles. The summed E-state index contributed by atoms with van der Waals surface area (Å²) in [5, 5.41) is 8.36. The van der Waals surface area contributed by atoms with Crippen molar-refractivity contribution in [3.8, 4) is 6.07 Å². The summed E-state index contributed by atoms with van der Waals surface area (Å²) in [7, 11) is 0. The van der Waals surface area contributed by atoms with Crippen molar-refractivity contribution in [2.24, 2.45) is 0 Å². The molecule has 0 spiro atoms. The first-order valence-electron chi connectivity index (χ1n) is 4.32. The van der Waals surface area contributed by atoms with Crippen molar-refractivity contribution >= 4 is 0 Å². The molecule has 0 saturated carbocycles. The lowest BCUT2D eigenvalue weighted by Crippen LogP contribution is -2.05. The van der Waals surface area contributed by atoms with Crippen molar-refractivity contribution < 1.29 is 4.74 Å². The van der Waals surface area contributed by atoms with Gasteiger partial charge in [0.05, 0.1) is 6.07 Å². The van der Waals surface area contributed by atoms with Gasteiger partial charge in [-0.1, -0.05) is 26.2 Å². The molecule has 1 unspecified atom stereocenters. The minimum Gasteiger partial charge on any atom is -0.364 e. The molecule has 0 saturated heterocycles. The van der Waals surface area contributed by atoms with Gasteiger partial charge in [0.25, 0.3) is 0 Å². The van der Waals surface area contributed by atoms with Gasteiger partial charge in [0.15, 0.2) is 0 Å². The fraction of sp³-hybridized carbons (Fsp3) is 0.889. The predicted molar refractivity (Wildman–Crippen MR) is 45.2 cm³/mol. The number of hydrogen-bond acceptors (Lipinski definition) is 2. The Labute approximate surface area is 69.2 Å². The van der Waals surface area contributed by atoms with Crippen LogP contribution in [0.4, 0.5) is 0 Å². The maximum absolute atomic E-state index is 8.36. The minimum atomic E-state index is -0.239. The van der Waals surface area contributed by atoms with Crippen LogP contribution in [0.25, 0.3) is 0 Å². The summed E-state index contributed by atoms with van der Waals surface area (Å²) in [6.45, 7) is 4.69. The Morgan fingerprint density at radius 1 is 1.36 bits per heavy atom. The highest BCUT2D eigenvalue weighted by Crippen LogP contribution is 2.00. The summed E-state index contributed by atoms with van der Waals surface area (Å²) in [6.07, 6.45) is 4.57. The Hall–Kier alpha value is -0.550. The molecular weight excluding hydrogens is 138 g/mol. The van der Waals surface area contributed by atoms with Gasteiger partial charge in [-0.25, -0.2) is 0 Å². The molecule has 0 aromatic carbocycles. The molecule has 0 aromatic rings. The highest BCUT2D eigenvalue weighted by atomic mass is 16.5. The minimum absolute atomic E-state index is 0.239. The van der Waals surface area contributed by atoms with Gasteiger partial charge in [-0.2, -0.15) is 5.26 Å². The molecule has 0 aliphatic carbocycles. The van der Waals surface area contributed by atoms with Crippen molar-refractivity contribution in [2.75, 3.05) is 6.61 Å². The SMILES string of the molecule is CCCCCCOC(C)C#N. The van der Waals surface area contributed by atoms with Crippen LogP contribution in [0.2, 0.25) is 0 Å². The third-order valence-electron chi connectivity index (χ3n) is 1.55. The van der Waals surface area contributed by atoms with E-state index in [-0.39, 0.29) is 6.10 Å². The summed E-state index contributed by atoms with van der Waals surface area (Å²) in [6, 6.07) is 2.03. The van der Waals surface area contributed by atoms with Crippen LogP contribution in [-0.4, -0.2) is 12.7 Å². The van der Waals surface area contributed by atoms with Gasteiger partial charge in [-0.3, -0.25) is 0 Å². The maximum Gasteiger partial charge on any atom is 0.141 e. The van der Waals surface area contributed by atoms with E-state index in [4.69, 9.17) is 10.00 Å². The molecule has 2 nitrogen and oxygen atoms in total. The zero-order chi connectivity index (χ0) is 8.53. The fourth-order valence-electron chi connectivity index (χ4n) is 0.826. The monoisotopic (exact) mass is 155 g/mol. The van der Waals surface area contributed by atoms with Crippen molar-refractivity contribution in [1.29, 1.82) is 5.26 Å². The summed E-state index contributed by atoms with van der Waals surface area (Å²) in [4.78, 5) is 0. The quantitative estimate of drug-likeness (QED) is 0.552. The second kappa shape index (κ2) is 7.56. The molecule has 0 aliphatic heterocycles. The van der Waals surface area contributed by atoms with E-state index in [2.05, 4.69) is 6.92 Å². The van der Waals surface area contributed by atoms with Crippen molar-refractivity contribution in [3.63, 3.8) is 0 Å². The first-order chi connectivity index (χ1) is 5.31. The van der Waals surface area contributed by atoms with E-state index in [1.54, 1.807) is 6.92 Å². The maximum atomic E-state index is 8.36. The average Bonchev–Trinajstić information content (AvgIpc) is 2.04.